The molecule has 0 amide bonds. The Morgan fingerprint density at radius 1 is 1.71 bits per heavy atom. The molecule has 1 heterocycles. The predicted molar refractivity (Wildman–Crippen MR) is 27.4 cm³/mol. The second-order valence-electron chi connectivity index (χ2n) is 1.38. The summed E-state index contributed by atoms with van der Waals surface area (Å²) < 4.78 is 4.81. The summed E-state index contributed by atoms with van der Waals surface area (Å²) in [4.78, 5) is 0. The van der Waals surface area contributed by atoms with Gasteiger partial charge in [-0.2, -0.15) is 0 Å². The predicted octanol–water partition coefficient (Wildman–Crippen LogP) is 0.373. The minimum absolute atomic E-state index is 0.538. The Kier molecular flexibility index (Phi) is 1.02. The average Bonchev–Trinajstić information content (AvgIpc) is 1.69. The third kappa shape index (κ3) is 0.961. The maximum Gasteiger partial charge on any atom is 0.127 e. The van der Waals surface area contributed by atoms with Gasteiger partial charge in [-0.25, -0.2) is 0 Å². The molecule has 0 aromatic rings. The second kappa shape index (κ2) is 1.69. The fraction of sp³-hybridized carbons (Fsp3) is 0.200. The van der Waals surface area contributed by atoms with E-state index in [1.807, 2.05) is 6.08 Å². The Bertz CT molecular complexity index is 115. The number of hydrogen-bond acceptors (Lipinski definition) is 2. The number of allylic oxidation sites excluding steroid dienone is 2. The maximum atomic E-state index is 5.32. The Morgan fingerprint density at radius 3 is 2.86 bits per heavy atom. The van der Waals surface area contributed by atoms with Crippen molar-refractivity contribution in [3.8, 4) is 0 Å². The molecule has 0 fully saturated rings. The molecule has 0 bridgehead atoms. The molecule has 38 valence electrons. The number of hydrogen-bond donors (Lipinski definition) is 1. The van der Waals surface area contributed by atoms with Gasteiger partial charge in [-0.15, -0.1) is 0 Å². The van der Waals surface area contributed by atoms with Gasteiger partial charge in [-0.05, 0) is 12.2 Å². The Labute approximate surface area is 42.3 Å². The van der Waals surface area contributed by atoms with Gasteiger partial charge in [-0.3, -0.25) is 0 Å². The Balaban J connectivity index is 2.57. The lowest BCUT2D eigenvalue weighted by molar-refractivity contribution is 0.274. The largest absolute Gasteiger partial charge is 0.495 e. The van der Waals surface area contributed by atoms with Crippen LogP contribution in [0.1, 0.15) is 0 Å². The summed E-state index contributed by atoms with van der Waals surface area (Å²) in [7, 11) is 0. The first-order valence-corrected chi connectivity index (χ1v) is 2.12. The van der Waals surface area contributed by atoms with E-state index in [0.29, 0.717) is 6.61 Å². The molecule has 1 rings (SSSR count). The SMILES string of the molecule is NC1=CC=COC1. The third-order valence-electron chi connectivity index (χ3n) is 0.735. The van der Waals surface area contributed by atoms with Crippen molar-refractivity contribution in [1.82, 2.24) is 0 Å². The molecule has 2 N–H and O–H groups in total. The van der Waals surface area contributed by atoms with Crippen LogP contribution in [0.25, 0.3) is 0 Å². The smallest absolute Gasteiger partial charge is 0.127 e. The first-order chi connectivity index (χ1) is 3.39. The molecule has 0 aliphatic carbocycles. The quantitative estimate of drug-likeness (QED) is 0.474. The lowest BCUT2D eigenvalue weighted by Gasteiger charge is -2.02. The summed E-state index contributed by atoms with van der Waals surface area (Å²) >= 11 is 0. The van der Waals surface area contributed by atoms with Crippen LogP contribution in [0.5, 0.6) is 0 Å². The molecule has 1 aliphatic heterocycles. The topological polar surface area (TPSA) is 35.2 Å². The molecule has 2 nitrogen and oxygen atoms in total. The maximum absolute atomic E-state index is 5.32. The number of rotatable bonds is 0. The highest BCUT2D eigenvalue weighted by Gasteiger charge is 1.88. The van der Waals surface area contributed by atoms with Crippen molar-refractivity contribution >= 4 is 0 Å². The van der Waals surface area contributed by atoms with Gasteiger partial charge in [0.1, 0.15) is 6.61 Å². The number of nitrogens with two attached hydrogens (primary N) is 1. The van der Waals surface area contributed by atoms with Gasteiger partial charge in [0.15, 0.2) is 0 Å². The molecular formula is C5H7NO. The first kappa shape index (κ1) is 4.24. The summed E-state index contributed by atoms with van der Waals surface area (Å²) in [5.74, 6) is 0. The van der Waals surface area contributed by atoms with Crippen molar-refractivity contribution in [3.05, 3.63) is 24.1 Å². The van der Waals surface area contributed by atoms with E-state index in [2.05, 4.69) is 0 Å². The standard InChI is InChI=1S/C5H7NO/c6-5-2-1-3-7-4-5/h1-3H,4,6H2. The van der Waals surface area contributed by atoms with Gasteiger partial charge in [-0.1, -0.05) is 0 Å². The third-order valence-corrected chi connectivity index (χ3v) is 0.735. The van der Waals surface area contributed by atoms with Gasteiger partial charge >= 0.3 is 0 Å². The number of ether oxygens (including phenoxy) is 1. The first-order valence-electron chi connectivity index (χ1n) is 2.12. The van der Waals surface area contributed by atoms with Gasteiger partial charge < -0.3 is 10.5 Å². The van der Waals surface area contributed by atoms with E-state index < -0.39 is 0 Å². The molecule has 0 atom stereocenters. The second-order valence-corrected chi connectivity index (χ2v) is 1.38. The van der Waals surface area contributed by atoms with E-state index in [-0.39, 0.29) is 0 Å². The zero-order valence-corrected chi connectivity index (χ0v) is 3.92. The van der Waals surface area contributed by atoms with Crippen LogP contribution in [0.2, 0.25) is 0 Å². The van der Waals surface area contributed by atoms with E-state index in [1.165, 1.54) is 0 Å². The average molecular weight is 97.1 g/mol. The summed E-state index contributed by atoms with van der Waals surface area (Å²) in [6, 6.07) is 0. The normalized spacial score (nSPS) is 18.0. The van der Waals surface area contributed by atoms with Crippen LogP contribution in [-0.4, -0.2) is 6.61 Å². The van der Waals surface area contributed by atoms with Crippen LogP contribution in [0.15, 0.2) is 24.1 Å². The molecule has 0 aromatic carbocycles. The Morgan fingerprint density at radius 2 is 2.57 bits per heavy atom. The van der Waals surface area contributed by atoms with Crippen molar-refractivity contribution in [2.45, 2.75) is 0 Å². The minimum Gasteiger partial charge on any atom is -0.495 e. The van der Waals surface area contributed by atoms with E-state index in [9.17, 15) is 0 Å². The van der Waals surface area contributed by atoms with Crippen LogP contribution < -0.4 is 5.73 Å². The van der Waals surface area contributed by atoms with E-state index >= 15 is 0 Å². The van der Waals surface area contributed by atoms with Gasteiger partial charge in [0.2, 0.25) is 0 Å². The van der Waals surface area contributed by atoms with Crippen molar-refractivity contribution in [1.29, 1.82) is 0 Å². The lowest BCUT2D eigenvalue weighted by atomic mass is 10.4. The zero-order valence-electron chi connectivity index (χ0n) is 3.92. The summed E-state index contributed by atoms with van der Waals surface area (Å²) in [6.45, 7) is 0.538. The summed E-state index contributed by atoms with van der Waals surface area (Å²) in [6.07, 6.45) is 5.22. The van der Waals surface area contributed by atoms with E-state index in [4.69, 9.17) is 10.5 Å². The van der Waals surface area contributed by atoms with Gasteiger partial charge in [0.25, 0.3) is 0 Å². The zero-order chi connectivity index (χ0) is 5.11. The minimum atomic E-state index is 0.538. The summed E-state index contributed by atoms with van der Waals surface area (Å²) in [5, 5.41) is 0. The molecule has 2 heteroatoms. The highest BCUT2D eigenvalue weighted by molar-refractivity contribution is 5.11. The van der Waals surface area contributed by atoms with Crippen molar-refractivity contribution < 1.29 is 4.74 Å². The molecule has 0 saturated carbocycles. The van der Waals surface area contributed by atoms with Crippen molar-refractivity contribution in [2.75, 3.05) is 6.61 Å². The molecule has 0 unspecified atom stereocenters. The molecule has 0 aromatic heterocycles. The Hall–Kier alpha value is -0.920. The van der Waals surface area contributed by atoms with Crippen LogP contribution >= 0.6 is 0 Å². The molecule has 0 radical (unpaired) electrons. The van der Waals surface area contributed by atoms with Crippen LogP contribution in [0.3, 0.4) is 0 Å². The molecular weight excluding hydrogens is 90.1 g/mol. The fourth-order valence-corrected chi connectivity index (χ4v) is 0.411. The highest BCUT2D eigenvalue weighted by Crippen LogP contribution is 1.93. The highest BCUT2D eigenvalue weighted by atomic mass is 16.5. The van der Waals surface area contributed by atoms with E-state index in [0.717, 1.165) is 5.70 Å². The van der Waals surface area contributed by atoms with E-state index in [1.54, 1.807) is 12.3 Å². The van der Waals surface area contributed by atoms with Crippen LogP contribution in [-0.2, 0) is 4.74 Å². The monoisotopic (exact) mass is 97.1 g/mol. The van der Waals surface area contributed by atoms with Crippen molar-refractivity contribution in [3.63, 3.8) is 0 Å². The molecule has 0 saturated heterocycles. The van der Waals surface area contributed by atoms with Gasteiger partial charge in [0, 0.05) is 5.70 Å². The van der Waals surface area contributed by atoms with Crippen LogP contribution in [0, 0.1) is 0 Å². The summed E-state index contributed by atoms with van der Waals surface area (Å²) in [5.41, 5.74) is 6.10. The molecule has 1 aliphatic rings. The van der Waals surface area contributed by atoms with Crippen LogP contribution in [0.4, 0.5) is 0 Å². The fourth-order valence-electron chi connectivity index (χ4n) is 0.411. The molecule has 0 spiro atoms. The van der Waals surface area contributed by atoms with Gasteiger partial charge in [0.05, 0.1) is 6.26 Å². The van der Waals surface area contributed by atoms with Crippen molar-refractivity contribution in [2.24, 2.45) is 5.73 Å². The molecule has 7 heavy (non-hydrogen) atoms. The lowest BCUT2D eigenvalue weighted by Crippen LogP contribution is -2.05.